The number of carbonyl (C=O) groups excluding carboxylic acids is 1. The van der Waals surface area contributed by atoms with Gasteiger partial charge in [-0.05, 0) is 46.7 Å². The minimum atomic E-state index is -0.412. The lowest BCUT2D eigenvalue weighted by Crippen LogP contribution is -2.28. The van der Waals surface area contributed by atoms with Gasteiger partial charge in [-0.25, -0.2) is 4.79 Å². The maximum absolute atomic E-state index is 12.1. The lowest BCUT2D eigenvalue weighted by Gasteiger charge is -2.10. The Labute approximate surface area is 165 Å². The normalized spacial score (nSPS) is 11.0. The van der Waals surface area contributed by atoms with E-state index in [0.29, 0.717) is 22.8 Å². The Hall–Kier alpha value is -3.15. The fourth-order valence-electron chi connectivity index (χ4n) is 3.21. The molecule has 0 fully saturated rings. The first-order valence-corrected chi connectivity index (χ1v) is 9.18. The van der Waals surface area contributed by atoms with E-state index in [1.54, 1.807) is 30.3 Å². The van der Waals surface area contributed by atoms with E-state index in [4.69, 9.17) is 16.0 Å². The number of carbonyl (C=O) groups is 1. The zero-order chi connectivity index (χ0) is 19.5. The summed E-state index contributed by atoms with van der Waals surface area (Å²) in [4.78, 5) is 24.1. The second kappa shape index (κ2) is 7.84. The average molecular weight is 393 g/mol. The Morgan fingerprint density at radius 1 is 1.00 bits per heavy atom. The SMILES string of the molecule is O=C(CNCc1cc(=O)oc2ccc3ccccc3c12)Nc1ccc(Cl)cc1. The van der Waals surface area contributed by atoms with Crippen molar-refractivity contribution < 1.29 is 9.21 Å². The Bertz CT molecular complexity index is 1220. The maximum Gasteiger partial charge on any atom is 0.336 e. The van der Waals surface area contributed by atoms with Gasteiger partial charge < -0.3 is 15.1 Å². The van der Waals surface area contributed by atoms with Crippen molar-refractivity contribution in [2.24, 2.45) is 0 Å². The standard InChI is InChI=1S/C22H17ClN2O3/c23-16-6-8-17(9-7-16)25-20(26)13-24-12-15-11-21(27)28-19-10-5-14-3-1-2-4-18(14)22(15)19/h1-11,24H,12-13H2,(H,25,26). The van der Waals surface area contributed by atoms with Gasteiger partial charge in [0.05, 0.1) is 6.54 Å². The van der Waals surface area contributed by atoms with Crippen LogP contribution >= 0.6 is 11.6 Å². The Morgan fingerprint density at radius 2 is 1.79 bits per heavy atom. The van der Waals surface area contributed by atoms with Crippen LogP contribution in [-0.2, 0) is 11.3 Å². The third kappa shape index (κ3) is 3.91. The monoisotopic (exact) mass is 392 g/mol. The first kappa shape index (κ1) is 18.2. The molecule has 0 saturated heterocycles. The summed E-state index contributed by atoms with van der Waals surface area (Å²) in [5, 5.41) is 9.45. The van der Waals surface area contributed by atoms with Gasteiger partial charge in [-0.3, -0.25) is 4.79 Å². The number of hydrogen-bond acceptors (Lipinski definition) is 4. The summed E-state index contributed by atoms with van der Waals surface area (Å²) in [6.07, 6.45) is 0. The fraction of sp³-hybridized carbons (Fsp3) is 0.0909. The van der Waals surface area contributed by atoms with Crippen LogP contribution in [0.1, 0.15) is 5.56 Å². The van der Waals surface area contributed by atoms with Crippen LogP contribution in [0.4, 0.5) is 5.69 Å². The summed E-state index contributed by atoms with van der Waals surface area (Å²) in [5.74, 6) is -0.181. The second-order valence-corrected chi connectivity index (χ2v) is 6.85. The van der Waals surface area contributed by atoms with Crippen molar-refractivity contribution in [1.29, 1.82) is 0 Å². The predicted molar refractivity (Wildman–Crippen MR) is 112 cm³/mol. The number of halogens is 1. The molecule has 0 saturated carbocycles. The number of fused-ring (bicyclic) bond motifs is 3. The molecule has 6 heteroatoms. The van der Waals surface area contributed by atoms with Crippen molar-refractivity contribution in [3.8, 4) is 0 Å². The molecule has 0 spiro atoms. The first-order valence-electron chi connectivity index (χ1n) is 8.81. The molecule has 2 N–H and O–H groups in total. The number of hydrogen-bond donors (Lipinski definition) is 2. The minimum absolute atomic E-state index is 0.106. The molecule has 0 aliphatic rings. The fourth-order valence-corrected chi connectivity index (χ4v) is 3.33. The first-order chi connectivity index (χ1) is 13.6. The van der Waals surface area contributed by atoms with E-state index in [-0.39, 0.29) is 12.5 Å². The Kier molecular flexibility index (Phi) is 5.10. The lowest BCUT2D eigenvalue weighted by molar-refractivity contribution is -0.115. The van der Waals surface area contributed by atoms with Crippen molar-refractivity contribution in [3.63, 3.8) is 0 Å². The molecule has 0 radical (unpaired) electrons. The van der Waals surface area contributed by atoms with Gasteiger partial charge in [0.15, 0.2) is 0 Å². The van der Waals surface area contributed by atoms with Crippen LogP contribution in [0.2, 0.25) is 5.02 Å². The summed E-state index contributed by atoms with van der Waals surface area (Å²) < 4.78 is 5.35. The molecule has 1 heterocycles. The molecule has 1 aromatic heterocycles. The van der Waals surface area contributed by atoms with Gasteiger partial charge in [0.25, 0.3) is 0 Å². The highest BCUT2D eigenvalue weighted by Crippen LogP contribution is 2.27. The van der Waals surface area contributed by atoms with Gasteiger partial charge in [0.2, 0.25) is 5.91 Å². The quantitative estimate of drug-likeness (QED) is 0.392. The molecule has 3 aromatic carbocycles. The van der Waals surface area contributed by atoms with Crippen molar-refractivity contribution in [2.75, 3.05) is 11.9 Å². The van der Waals surface area contributed by atoms with Crippen LogP contribution < -0.4 is 16.3 Å². The van der Waals surface area contributed by atoms with Crippen molar-refractivity contribution in [2.45, 2.75) is 6.54 Å². The van der Waals surface area contributed by atoms with Crippen LogP contribution in [0.3, 0.4) is 0 Å². The van der Waals surface area contributed by atoms with E-state index >= 15 is 0 Å². The van der Waals surface area contributed by atoms with Gasteiger partial charge >= 0.3 is 5.63 Å². The van der Waals surface area contributed by atoms with Crippen LogP contribution in [0.25, 0.3) is 21.7 Å². The molecule has 5 nitrogen and oxygen atoms in total. The molecule has 0 aliphatic carbocycles. The Morgan fingerprint density at radius 3 is 2.61 bits per heavy atom. The molecule has 4 rings (SSSR count). The molecule has 0 aliphatic heterocycles. The summed E-state index contributed by atoms with van der Waals surface area (Å²) in [5.41, 5.74) is 1.59. The number of rotatable bonds is 5. The van der Waals surface area contributed by atoms with Crippen LogP contribution in [0, 0.1) is 0 Å². The molecule has 0 atom stereocenters. The van der Waals surface area contributed by atoms with Gasteiger partial charge in [0, 0.05) is 28.7 Å². The van der Waals surface area contributed by atoms with E-state index in [9.17, 15) is 9.59 Å². The largest absolute Gasteiger partial charge is 0.423 e. The van der Waals surface area contributed by atoms with Crippen LogP contribution in [-0.4, -0.2) is 12.5 Å². The smallest absolute Gasteiger partial charge is 0.336 e. The van der Waals surface area contributed by atoms with E-state index < -0.39 is 5.63 Å². The van der Waals surface area contributed by atoms with Gasteiger partial charge in [-0.15, -0.1) is 0 Å². The van der Waals surface area contributed by atoms with E-state index in [2.05, 4.69) is 10.6 Å². The van der Waals surface area contributed by atoms with Crippen molar-refractivity contribution in [1.82, 2.24) is 5.32 Å². The lowest BCUT2D eigenvalue weighted by atomic mass is 10.0. The van der Waals surface area contributed by atoms with E-state index in [0.717, 1.165) is 21.7 Å². The predicted octanol–water partition coefficient (Wildman–Crippen LogP) is 4.33. The summed E-state index contributed by atoms with van der Waals surface area (Å²) >= 11 is 5.84. The Balaban J connectivity index is 1.53. The number of amides is 1. The number of nitrogens with one attached hydrogen (secondary N) is 2. The van der Waals surface area contributed by atoms with Gasteiger partial charge in [0.1, 0.15) is 5.58 Å². The summed E-state index contributed by atoms with van der Waals surface area (Å²) in [6, 6.07) is 20.0. The van der Waals surface area contributed by atoms with Crippen molar-refractivity contribution in [3.05, 3.63) is 87.7 Å². The van der Waals surface area contributed by atoms with E-state index in [1.807, 2.05) is 30.3 Å². The highest BCUT2D eigenvalue weighted by atomic mass is 35.5. The highest BCUT2D eigenvalue weighted by molar-refractivity contribution is 6.30. The third-order valence-electron chi connectivity index (χ3n) is 4.44. The molecule has 0 bridgehead atoms. The highest BCUT2D eigenvalue weighted by Gasteiger charge is 2.10. The maximum atomic E-state index is 12.1. The van der Waals surface area contributed by atoms with Crippen LogP contribution in [0.15, 0.2) is 75.9 Å². The van der Waals surface area contributed by atoms with Gasteiger partial charge in [-0.2, -0.15) is 0 Å². The van der Waals surface area contributed by atoms with Crippen molar-refractivity contribution >= 4 is 44.9 Å². The molecular weight excluding hydrogens is 376 g/mol. The minimum Gasteiger partial charge on any atom is -0.423 e. The third-order valence-corrected chi connectivity index (χ3v) is 4.70. The zero-order valence-electron chi connectivity index (χ0n) is 14.9. The molecule has 1 amide bonds. The average Bonchev–Trinajstić information content (AvgIpc) is 2.69. The zero-order valence-corrected chi connectivity index (χ0v) is 15.6. The number of anilines is 1. The van der Waals surface area contributed by atoms with E-state index in [1.165, 1.54) is 6.07 Å². The summed E-state index contributed by atoms with van der Waals surface area (Å²) in [6.45, 7) is 0.471. The molecule has 140 valence electrons. The topological polar surface area (TPSA) is 71.3 Å². The number of benzene rings is 3. The second-order valence-electron chi connectivity index (χ2n) is 6.41. The molecule has 0 unspecified atom stereocenters. The molecule has 4 aromatic rings. The van der Waals surface area contributed by atoms with Crippen LogP contribution in [0.5, 0.6) is 0 Å². The summed E-state index contributed by atoms with van der Waals surface area (Å²) in [7, 11) is 0. The molecule has 28 heavy (non-hydrogen) atoms. The van der Waals surface area contributed by atoms with Gasteiger partial charge in [-0.1, -0.05) is 41.9 Å². The molecular formula is C22H17ClN2O3.